The molecule has 0 aliphatic carbocycles. The molecule has 0 saturated carbocycles. The number of benzene rings is 1. The number of rotatable bonds is 2. The smallest absolute Gasteiger partial charge is 0.182 e. The van der Waals surface area contributed by atoms with Gasteiger partial charge in [0, 0.05) is 34.9 Å². The summed E-state index contributed by atoms with van der Waals surface area (Å²) < 4.78 is 0. The second kappa shape index (κ2) is 5.20. The minimum atomic E-state index is 0.610. The lowest BCUT2D eigenvalue weighted by molar-refractivity contribution is 0.737. The molecule has 0 bridgehead atoms. The van der Waals surface area contributed by atoms with E-state index in [-0.39, 0.29) is 0 Å². The van der Waals surface area contributed by atoms with Crippen LogP contribution in [0.4, 0.5) is 0 Å². The van der Waals surface area contributed by atoms with E-state index < -0.39 is 0 Å². The molecule has 5 nitrogen and oxygen atoms in total. The first-order chi connectivity index (χ1) is 10.8. The van der Waals surface area contributed by atoms with E-state index in [2.05, 4.69) is 20.2 Å². The molecule has 3 heterocycles. The first kappa shape index (κ1) is 12.9. The Kier molecular flexibility index (Phi) is 3.05. The van der Waals surface area contributed by atoms with Crippen molar-refractivity contribution < 1.29 is 0 Å². The van der Waals surface area contributed by atoms with E-state index in [4.69, 9.17) is 11.6 Å². The van der Waals surface area contributed by atoms with Gasteiger partial charge in [-0.1, -0.05) is 35.9 Å². The van der Waals surface area contributed by atoms with Crippen molar-refractivity contribution in [2.45, 2.75) is 0 Å². The summed E-state index contributed by atoms with van der Waals surface area (Å²) in [6.07, 6.45) is 6.79. The van der Waals surface area contributed by atoms with Crippen molar-refractivity contribution in [1.29, 1.82) is 0 Å². The summed E-state index contributed by atoms with van der Waals surface area (Å²) in [5.74, 6) is 0.648. The minimum Gasteiger partial charge on any atom is -0.264 e. The van der Waals surface area contributed by atoms with E-state index in [1.807, 2.05) is 36.4 Å². The molecule has 0 atom stereocenters. The molecule has 0 radical (unpaired) electrons. The fraction of sp³-hybridized carbons (Fsp3) is 0. The van der Waals surface area contributed by atoms with Gasteiger partial charge in [-0.3, -0.25) is 4.98 Å². The standard InChI is InChI=1S/C16H10ClN5/c17-14-9-19-16(13-6-2-1-5-12(13)14)22-20-10-15(21-22)11-4-3-7-18-8-11/h1-10H. The van der Waals surface area contributed by atoms with E-state index in [0.717, 1.165) is 22.0 Å². The minimum absolute atomic E-state index is 0.610. The summed E-state index contributed by atoms with van der Waals surface area (Å²) in [5.41, 5.74) is 1.65. The predicted molar refractivity (Wildman–Crippen MR) is 84.9 cm³/mol. The van der Waals surface area contributed by atoms with Crippen LogP contribution in [0.3, 0.4) is 0 Å². The van der Waals surface area contributed by atoms with Crippen LogP contribution in [0.15, 0.2) is 61.2 Å². The molecule has 4 rings (SSSR count). The molecule has 0 aliphatic heterocycles. The van der Waals surface area contributed by atoms with E-state index in [1.165, 1.54) is 4.80 Å². The molecule has 0 saturated heterocycles. The van der Waals surface area contributed by atoms with Crippen molar-refractivity contribution in [3.63, 3.8) is 0 Å². The fourth-order valence-electron chi connectivity index (χ4n) is 2.31. The number of hydrogen-bond acceptors (Lipinski definition) is 4. The number of aromatic nitrogens is 5. The zero-order valence-corrected chi connectivity index (χ0v) is 12.1. The SMILES string of the molecule is Clc1cnc(-n2ncc(-c3cccnc3)n2)c2ccccc12. The molecule has 106 valence electrons. The summed E-state index contributed by atoms with van der Waals surface area (Å²) in [7, 11) is 0. The molecule has 0 fully saturated rings. The van der Waals surface area contributed by atoms with Crippen LogP contribution in [0, 0.1) is 0 Å². The monoisotopic (exact) mass is 307 g/mol. The van der Waals surface area contributed by atoms with Crippen molar-refractivity contribution in [2.75, 3.05) is 0 Å². The molecule has 3 aromatic heterocycles. The molecule has 0 N–H and O–H groups in total. The van der Waals surface area contributed by atoms with Gasteiger partial charge in [0.15, 0.2) is 5.82 Å². The average Bonchev–Trinajstić information content (AvgIpc) is 3.06. The highest BCUT2D eigenvalue weighted by Gasteiger charge is 2.11. The maximum Gasteiger partial charge on any atom is 0.182 e. The first-order valence-corrected chi connectivity index (χ1v) is 7.07. The van der Waals surface area contributed by atoms with Gasteiger partial charge in [-0.2, -0.15) is 5.10 Å². The van der Waals surface area contributed by atoms with Crippen LogP contribution in [0.5, 0.6) is 0 Å². The average molecular weight is 308 g/mol. The van der Waals surface area contributed by atoms with Gasteiger partial charge in [-0.15, -0.1) is 9.90 Å². The van der Waals surface area contributed by atoms with Gasteiger partial charge in [0.2, 0.25) is 0 Å². The van der Waals surface area contributed by atoms with Crippen LogP contribution < -0.4 is 0 Å². The third-order valence-corrected chi connectivity index (χ3v) is 3.67. The molecule has 0 amide bonds. The fourth-order valence-corrected chi connectivity index (χ4v) is 2.53. The Hall–Kier alpha value is -2.79. The summed E-state index contributed by atoms with van der Waals surface area (Å²) in [6, 6.07) is 11.6. The number of fused-ring (bicyclic) bond motifs is 1. The molecule has 4 aromatic rings. The van der Waals surface area contributed by atoms with Crippen LogP contribution in [0.2, 0.25) is 5.02 Å². The van der Waals surface area contributed by atoms with Crippen molar-refractivity contribution in [3.05, 3.63) is 66.2 Å². The molecule has 0 spiro atoms. The first-order valence-electron chi connectivity index (χ1n) is 6.69. The Morgan fingerprint density at radius 3 is 2.59 bits per heavy atom. The largest absolute Gasteiger partial charge is 0.264 e. The summed E-state index contributed by atoms with van der Waals surface area (Å²) in [5, 5.41) is 11.2. The second-order valence-electron chi connectivity index (χ2n) is 4.74. The second-order valence-corrected chi connectivity index (χ2v) is 5.14. The number of hydrogen-bond donors (Lipinski definition) is 0. The van der Waals surface area contributed by atoms with E-state index in [1.54, 1.807) is 24.8 Å². The molecule has 22 heavy (non-hydrogen) atoms. The van der Waals surface area contributed by atoms with Crippen molar-refractivity contribution in [3.8, 4) is 17.1 Å². The zero-order valence-electron chi connectivity index (χ0n) is 11.4. The Balaban J connectivity index is 1.87. The van der Waals surface area contributed by atoms with Crippen LogP contribution in [-0.4, -0.2) is 25.0 Å². The molecular weight excluding hydrogens is 298 g/mol. The van der Waals surface area contributed by atoms with Crippen molar-refractivity contribution in [1.82, 2.24) is 25.0 Å². The molecule has 1 aromatic carbocycles. The van der Waals surface area contributed by atoms with Gasteiger partial charge < -0.3 is 0 Å². The summed E-state index contributed by atoms with van der Waals surface area (Å²) in [4.78, 5) is 9.98. The van der Waals surface area contributed by atoms with Gasteiger partial charge in [0.25, 0.3) is 0 Å². The maximum atomic E-state index is 6.20. The Morgan fingerprint density at radius 2 is 1.77 bits per heavy atom. The Morgan fingerprint density at radius 1 is 0.909 bits per heavy atom. The topological polar surface area (TPSA) is 56.5 Å². The van der Waals surface area contributed by atoms with E-state index in [0.29, 0.717) is 10.8 Å². The third-order valence-electron chi connectivity index (χ3n) is 3.36. The maximum absolute atomic E-state index is 6.20. The Bertz CT molecular complexity index is 949. The predicted octanol–water partition coefficient (Wildman–Crippen LogP) is 3.53. The van der Waals surface area contributed by atoms with Gasteiger partial charge in [-0.25, -0.2) is 4.98 Å². The highest BCUT2D eigenvalue weighted by Crippen LogP contribution is 2.26. The normalized spacial score (nSPS) is 11.0. The lowest BCUT2D eigenvalue weighted by Crippen LogP contribution is -2.02. The number of halogens is 1. The lowest BCUT2D eigenvalue weighted by Gasteiger charge is -2.05. The van der Waals surface area contributed by atoms with Gasteiger partial charge in [-0.05, 0) is 12.1 Å². The van der Waals surface area contributed by atoms with E-state index >= 15 is 0 Å². The van der Waals surface area contributed by atoms with Gasteiger partial charge >= 0.3 is 0 Å². The Labute approximate surface area is 131 Å². The number of pyridine rings is 2. The quantitative estimate of drug-likeness (QED) is 0.568. The molecule has 6 heteroatoms. The summed E-state index contributed by atoms with van der Waals surface area (Å²) in [6.45, 7) is 0. The summed E-state index contributed by atoms with van der Waals surface area (Å²) >= 11 is 6.20. The number of nitrogens with zero attached hydrogens (tertiary/aromatic N) is 5. The van der Waals surface area contributed by atoms with Crippen LogP contribution in [0.1, 0.15) is 0 Å². The van der Waals surface area contributed by atoms with E-state index in [9.17, 15) is 0 Å². The highest BCUT2D eigenvalue weighted by molar-refractivity contribution is 6.35. The molecular formula is C16H10ClN5. The third kappa shape index (κ3) is 2.12. The lowest BCUT2D eigenvalue weighted by atomic mass is 10.1. The van der Waals surface area contributed by atoms with Crippen molar-refractivity contribution in [2.24, 2.45) is 0 Å². The highest BCUT2D eigenvalue weighted by atomic mass is 35.5. The van der Waals surface area contributed by atoms with Gasteiger partial charge in [0.05, 0.1) is 11.2 Å². The zero-order chi connectivity index (χ0) is 14.9. The molecule has 0 aliphatic rings. The molecule has 0 unspecified atom stereocenters. The van der Waals surface area contributed by atoms with Crippen LogP contribution in [0.25, 0.3) is 27.8 Å². The van der Waals surface area contributed by atoms with Crippen molar-refractivity contribution >= 4 is 22.4 Å². The van der Waals surface area contributed by atoms with Crippen LogP contribution >= 0.6 is 11.6 Å². The van der Waals surface area contributed by atoms with Crippen LogP contribution in [-0.2, 0) is 0 Å². The van der Waals surface area contributed by atoms with Gasteiger partial charge in [0.1, 0.15) is 5.69 Å².